The van der Waals surface area contributed by atoms with Crippen molar-refractivity contribution in [2.75, 3.05) is 11.9 Å². The van der Waals surface area contributed by atoms with Crippen LogP contribution in [0.3, 0.4) is 0 Å². The molecule has 0 aromatic heterocycles. The van der Waals surface area contributed by atoms with Gasteiger partial charge in [0.25, 0.3) is 0 Å². The van der Waals surface area contributed by atoms with Crippen molar-refractivity contribution < 1.29 is 19.5 Å². The molecular weight excluding hydrogens is 298 g/mol. The number of nitrogens with zero attached hydrogens (tertiary/aromatic N) is 2. The van der Waals surface area contributed by atoms with Gasteiger partial charge in [0.05, 0.1) is 11.6 Å². The first-order chi connectivity index (χ1) is 11.0. The van der Waals surface area contributed by atoms with Crippen molar-refractivity contribution in [2.24, 2.45) is 0 Å². The minimum Gasteiger partial charge on any atom is -0.480 e. The average molecular weight is 315 g/mol. The molecule has 1 aliphatic rings. The quantitative estimate of drug-likeness (QED) is 0.852. The third kappa shape index (κ3) is 4.30. The summed E-state index contributed by atoms with van der Waals surface area (Å²) >= 11 is 0. The largest absolute Gasteiger partial charge is 0.480 e. The molecule has 1 heterocycles. The van der Waals surface area contributed by atoms with E-state index in [0.717, 1.165) is 0 Å². The van der Waals surface area contributed by atoms with Gasteiger partial charge in [0.2, 0.25) is 11.8 Å². The van der Waals surface area contributed by atoms with E-state index in [1.807, 2.05) is 6.07 Å². The van der Waals surface area contributed by atoms with Gasteiger partial charge in [0.15, 0.2) is 0 Å². The summed E-state index contributed by atoms with van der Waals surface area (Å²) in [5.41, 5.74) is 1.04. The maximum absolute atomic E-state index is 12.0. The lowest BCUT2D eigenvalue weighted by Crippen LogP contribution is -2.40. The van der Waals surface area contributed by atoms with Gasteiger partial charge in [-0.15, -0.1) is 0 Å². The zero-order chi connectivity index (χ0) is 16.8. The van der Waals surface area contributed by atoms with E-state index in [-0.39, 0.29) is 24.7 Å². The molecular formula is C16H17N3O4. The van der Waals surface area contributed by atoms with Crippen LogP contribution in [0, 0.1) is 11.3 Å². The van der Waals surface area contributed by atoms with Gasteiger partial charge in [-0.25, -0.2) is 4.79 Å². The molecule has 0 spiro atoms. The highest BCUT2D eigenvalue weighted by molar-refractivity contribution is 5.94. The Hall–Kier alpha value is -2.88. The van der Waals surface area contributed by atoms with Gasteiger partial charge < -0.3 is 15.3 Å². The Morgan fingerprint density at radius 2 is 1.96 bits per heavy atom. The summed E-state index contributed by atoms with van der Waals surface area (Å²) in [7, 11) is 0. The topological polar surface area (TPSA) is 111 Å². The van der Waals surface area contributed by atoms with Crippen LogP contribution in [0.25, 0.3) is 0 Å². The highest BCUT2D eigenvalue weighted by Crippen LogP contribution is 2.19. The highest BCUT2D eigenvalue weighted by atomic mass is 16.4. The first kappa shape index (κ1) is 16.5. The van der Waals surface area contributed by atoms with Crippen molar-refractivity contribution in [1.29, 1.82) is 5.26 Å². The van der Waals surface area contributed by atoms with Crippen LogP contribution in [-0.4, -0.2) is 40.4 Å². The van der Waals surface area contributed by atoms with E-state index in [0.29, 0.717) is 30.6 Å². The predicted molar refractivity (Wildman–Crippen MR) is 81.4 cm³/mol. The van der Waals surface area contributed by atoms with Crippen molar-refractivity contribution >= 4 is 23.5 Å². The summed E-state index contributed by atoms with van der Waals surface area (Å²) < 4.78 is 0. The molecule has 1 unspecified atom stereocenters. The molecule has 2 rings (SSSR count). The molecule has 1 aromatic rings. The predicted octanol–water partition coefficient (Wildman–Crippen LogP) is 1.35. The third-order valence-corrected chi connectivity index (χ3v) is 3.72. The molecule has 1 aromatic carbocycles. The third-order valence-electron chi connectivity index (χ3n) is 3.72. The van der Waals surface area contributed by atoms with Gasteiger partial charge in [0.1, 0.15) is 6.04 Å². The van der Waals surface area contributed by atoms with Gasteiger partial charge in [-0.1, -0.05) is 0 Å². The summed E-state index contributed by atoms with van der Waals surface area (Å²) in [5.74, 6) is -1.64. The molecule has 1 aliphatic heterocycles. The number of aliphatic carboxylic acids is 1. The lowest BCUT2D eigenvalue weighted by Gasteiger charge is -2.21. The van der Waals surface area contributed by atoms with Gasteiger partial charge in [-0.3, -0.25) is 9.59 Å². The Kier molecular flexibility index (Phi) is 5.31. The standard InChI is InChI=1S/C16H17N3O4/c17-10-11-3-5-12(6-4-11)18-14(20)7-8-15(21)19-9-1-2-13(19)16(22)23/h3-6,13H,1-2,7-9H2,(H,18,20)(H,22,23). The number of carbonyl (C=O) groups excluding carboxylic acids is 2. The molecule has 23 heavy (non-hydrogen) atoms. The number of carbonyl (C=O) groups is 3. The number of rotatable bonds is 5. The zero-order valence-electron chi connectivity index (χ0n) is 12.5. The fraction of sp³-hybridized carbons (Fsp3) is 0.375. The lowest BCUT2D eigenvalue weighted by atomic mass is 10.2. The smallest absolute Gasteiger partial charge is 0.326 e. The van der Waals surface area contributed by atoms with Crippen molar-refractivity contribution in [1.82, 2.24) is 4.90 Å². The zero-order valence-corrected chi connectivity index (χ0v) is 12.5. The number of amides is 2. The Labute approximate surface area is 133 Å². The molecule has 120 valence electrons. The Bertz CT molecular complexity index is 648. The van der Waals surface area contributed by atoms with Crippen LogP contribution < -0.4 is 5.32 Å². The number of nitriles is 1. The summed E-state index contributed by atoms with van der Waals surface area (Å²) in [5, 5.41) is 20.4. The number of anilines is 1. The Morgan fingerprint density at radius 1 is 1.26 bits per heavy atom. The molecule has 0 aliphatic carbocycles. The van der Waals surface area contributed by atoms with Gasteiger partial charge in [0, 0.05) is 25.1 Å². The molecule has 1 atom stereocenters. The highest BCUT2D eigenvalue weighted by Gasteiger charge is 2.33. The number of carboxylic acid groups (broad SMARTS) is 1. The average Bonchev–Trinajstić information content (AvgIpc) is 3.03. The molecule has 1 fully saturated rings. The molecule has 1 saturated heterocycles. The van der Waals surface area contributed by atoms with E-state index >= 15 is 0 Å². The minimum atomic E-state index is -1.00. The number of hydrogen-bond acceptors (Lipinski definition) is 4. The fourth-order valence-corrected chi connectivity index (χ4v) is 2.54. The number of benzene rings is 1. The summed E-state index contributed by atoms with van der Waals surface area (Å²) in [6, 6.07) is 7.60. The number of likely N-dealkylation sites (tertiary alicyclic amines) is 1. The summed E-state index contributed by atoms with van der Waals surface area (Å²) in [6.07, 6.45) is 1.09. The van der Waals surface area contributed by atoms with E-state index < -0.39 is 12.0 Å². The lowest BCUT2D eigenvalue weighted by molar-refractivity contribution is -0.148. The molecule has 7 heteroatoms. The second-order valence-electron chi connectivity index (χ2n) is 5.32. The van der Waals surface area contributed by atoms with Crippen molar-refractivity contribution in [3.63, 3.8) is 0 Å². The first-order valence-corrected chi connectivity index (χ1v) is 7.33. The Balaban J connectivity index is 1.82. The first-order valence-electron chi connectivity index (χ1n) is 7.33. The summed E-state index contributed by atoms with van der Waals surface area (Å²) in [4.78, 5) is 36.3. The van der Waals surface area contributed by atoms with Crippen LogP contribution in [0.5, 0.6) is 0 Å². The second-order valence-corrected chi connectivity index (χ2v) is 5.32. The molecule has 7 nitrogen and oxygen atoms in total. The minimum absolute atomic E-state index is 0.0122. The van der Waals surface area contributed by atoms with Crippen LogP contribution in [-0.2, 0) is 14.4 Å². The van der Waals surface area contributed by atoms with Crippen LogP contribution in [0.4, 0.5) is 5.69 Å². The van der Waals surface area contributed by atoms with Crippen LogP contribution in [0.1, 0.15) is 31.2 Å². The fourth-order valence-electron chi connectivity index (χ4n) is 2.54. The monoisotopic (exact) mass is 315 g/mol. The van der Waals surface area contributed by atoms with E-state index in [4.69, 9.17) is 10.4 Å². The number of nitrogens with one attached hydrogen (secondary N) is 1. The van der Waals surface area contributed by atoms with E-state index in [2.05, 4.69) is 5.32 Å². The van der Waals surface area contributed by atoms with Gasteiger partial charge >= 0.3 is 5.97 Å². The molecule has 0 saturated carbocycles. The van der Waals surface area contributed by atoms with Gasteiger partial charge in [-0.05, 0) is 37.1 Å². The molecule has 2 N–H and O–H groups in total. The molecule has 0 radical (unpaired) electrons. The van der Waals surface area contributed by atoms with E-state index in [1.54, 1.807) is 24.3 Å². The SMILES string of the molecule is N#Cc1ccc(NC(=O)CCC(=O)N2CCCC2C(=O)O)cc1. The Morgan fingerprint density at radius 3 is 2.57 bits per heavy atom. The van der Waals surface area contributed by atoms with Crippen molar-refractivity contribution in [2.45, 2.75) is 31.7 Å². The van der Waals surface area contributed by atoms with E-state index in [9.17, 15) is 14.4 Å². The maximum atomic E-state index is 12.0. The summed E-state index contributed by atoms with van der Waals surface area (Å²) in [6.45, 7) is 0.424. The van der Waals surface area contributed by atoms with Crippen molar-refractivity contribution in [3.05, 3.63) is 29.8 Å². The second kappa shape index (κ2) is 7.40. The number of hydrogen-bond donors (Lipinski definition) is 2. The van der Waals surface area contributed by atoms with Gasteiger partial charge in [-0.2, -0.15) is 5.26 Å². The van der Waals surface area contributed by atoms with E-state index in [1.165, 1.54) is 4.90 Å². The molecule has 0 bridgehead atoms. The number of carboxylic acids is 1. The van der Waals surface area contributed by atoms with Crippen LogP contribution >= 0.6 is 0 Å². The van der Waals surface area contributed by atoms with Crippen LogP contribution in [0.2, 0.25) is 0 Å². The normalized spacial score (nSPS) is 16.7. The maximum Gasteiger partial charge on any atom is 0.326 e. The molecule has 2 amide bonds. The van der Waals surface area contributed by atoms with Crippen LogP contribution in [0.15, 0.2) is 24.3 Å². The van der Waals surface area contributed by atoms with Crippen molar-refractivity contribution in [3.8, 4) is 6.07 Å².